The van der Waals surface area contributed by atoms with Crippen LogP contribution in [-0.4, -0.2) is 83.8 Å². The summed E-state index contributed by atoms with van der Waals surface area (Å²) in [5.74, 6) is 0. The minimum absolute atomic E-state index is 0.221. The van der Waals surface area contributed by atoms with Crippen LogP contribution in [0.3, 0.4) is 0 Å². The van der Waals surface area contributed by atoms with Crippen LogP contribution in [0.4, 0.5) is 5.69 Å². The number of ether oxygens (including phenoxy) is 1. The first kappa shape index (κ1) is 20.2. The molecule has 162 valence electrons. The Morgan fingerprint density at radius 2 is 1.70 bits per heavy atom. The van der Waals surface area contributed by atoms with Gasteiger partial charge in [-0.15, -0.1) is 0 Å². The van der Waals surface area contributed by atoms with Crippen LogP contribution in [0.25, 0.3) is 11.0 Å². The normalized spacial score (nSPS) is 27.2. The summed E-state index contributed by atoms with van der Waals surface area (Å²) in [5, 5.41) is 0. The highest BCUT2D eigenvalue weighted by atomic mass is 16.5. The summed E-state index contributed by atoms with van der Waals surface area (Å²) in [5.41, 5.74) is 4.39. The highest BCUT2D eigenvalue weighted by Crippen LogP contribution is 2.29. The molecule has 30 heavy (non-hydrogen) atoms. The standard InChI is InChI=1S/C24H35N5O/c1-18-5-6-22(24-23(18)25-9-10-26-24)29-15-19(2)30-21(17-29)16-27-13-7-20(8-14-27)28-11-3-4-12-28/h5-6,9-10,19-21H,3-4,7-8,11-17H2,1-2H3/t19-,21+/m1/s1. The fraction of sp³-hybridized carbons (Fsp3) is 0.667. The van der Waals surface area contributed by atoms with Crippen LogP contribution in [0.2, 0.25) is 0 Å². The van der Waals surface area contributed by atoms with Gasteiger partial charge in [-0.3, -0.25) is 9.97 Å². The number of anilines is 1. The number of rotatable bonds is 4. The molecule has 0 radical (unpaired) electrons. The highest BCUT2D eigenvalue weighted by Gasteiger charge is 2.31. The molecule has 1 aromatic carbocycles. The summed E-state index contributed by atoms with van der Waals surface area (Å²) in [6.45, 7) is 12.2. The van der Waals surface area contributed by atoms with Gasteiger partial charge >= 0.3 is 0 Å². The first-order valence-corrected chi connectivity index (χ1v) is 11.7. The van der Waals surface area contributed by atoms with Gasteiger partial charge in [-0.1, -0.05) is 6.07 Å². The van der Waals surface area contributed by atoms with Crippen LogP contribution in [0.1, 0.15) is 38.2 Å². The molecular weight excluding hydrogens is 374 g/mol. The largest absolute Gasteiger partial charge is 0.370 e. The van der Waals surface area contributed by atoms with Crippen molar-refractivity contribution >= 4 is 16.7 Å². The van der Waals surface area contributed by atoms with E-state index in [1.807, 2.05) is 0 Å². The van der Waals surface area contributed by atoms with Gasteiger partial charge in [-0.05, 0) is 77.3 Å². The van der Waals surface area contributed by atoms with Crippen molar-refractivity contribution in [3.63, 3.8) is 0 Å². The molecule has 0 aliphatic carbocycles. The van der Waals surface area contributed by atoms with Crippen molar-refractivity contribution in [3.8, 4) is 0 Å². The number of aromatic nitrogens is 2. The molecule has 0 unspecified atom stereocenters. The third-order valence-corrected chi connectivity index (χ3v) is 7.15. The lowest BCUT2D eigenvalue weighted by atomic mass is 10.0. The van der Waals surface area contributed by atoms with Crippen molar-refractivity contribution in [2.45, 2.75) is 57.8 Å². The number of hydrogen-bond donors (Lipinski definition) is 0. The summed E-state index contributed by atoms with van der Waals surface area (Å²) in [4.78, 5) is 17.1. The number of likely N-dealkylation sites (tertiary alicyclic amines) is 2. The predicted octanol–water partition coefficient (Wildman–Crippen LogP) is 3.09. The second kappa shape index (κ2) is 8.77. The number of morpholine rings is 1. The van der Waals surface area contributed by atoms with Crippen LogP contribution >= 0.6 is 0 Å². The number of aryl methyl sites for hydroxylation is 1. The van der Waals surface area contributed by atoms with E-state index in [2.05, 4.69) is 50.6 Å². The topological polar surface area (TPSA) is 44.7 Å². The fourth-order valence-corrected chi connectivity index (χ4v) is 5.64. The van der Waals surface area contributed by atoms with Gasteiger partial charge in [0.1, 0.15) is 5.52 Å². The predicted molar refractivity (Wildman–Crippen MR) is 121 cm³/mol. The maximum atomic E-state index is 6.37. The summed E-state index contributed by atoms with van der Waals surface area (Å²) in [6, 6.07) is 5.19. The van der Waals surface area contributed by atoms with Crippen LogP contribution in [0.5, 0.6) is 0 Å². The zero-order valence-electron chi connectivity index (χ0n) is 18.5. The molecule has 0 saturated carbocycles. The Labute approximate surface area is 180 Å². The summed E-state index contributed by atoms with van der Waals surface area (Å²) >= 11 is 0. The van der Waals surface area contributed by atoms with E-state index in [1.54, 1.807) is 12.4 Å². The van der Waals surface area contributed by atoms with Crippen molar-refractivity contribution in [2.24, 2.45) is 0 Å². The lowest BCUT2D eigenvalue weighted by Crippen LogP contribution is -2.53. The molecule has 6 nitrogen and oxygen atoms in total. The Morgan fingerprint density at radius 3 is 2.47 bits per heavy atom. The first-order valence-electron chi connectivity index (χ1n) is 11.7. The van der Waals surface area contributed by atoms with Gasteiger partial charge in [-0.25, -0.2) is 0 Å². The van der Waals surface area contributed by atoms with E-state index in [0.717, 1.165) is 36.7 Å². The summed E-state index contributed by atoms with van der Waals surface area (Å²) < 4.78 is 6.37. The molecule has 0 spiro atoms. The van der Waals surface area contributed by atoms with E-state index in [-0.39, 0.29) is 12.2 Å². The van der Waals surface area contributed by atoms with Crippen molar-refractivity contribution in [2.75, 3.05) is 50.7 Å². The van der Waals surface area contributed by atoms with Gasteiger partial charge in [0.05, 0.1) is 23.4 Å². The molecule has 2 atom stereocenters. The first-order chi connectivity index (χ1) is 14.7. The van der Waals surface area contributed by atoms with Crippen LogP contribution in [0.15, 0.2) is 24.5 Å². The third-order valence-electron chi connectivity index (χ3n) is 7.15. The molecule has 3 aliphatic heterocycles. The van der Waals surface area contributed by atoms with E-state index in [0.29, 0.717) is 0 Å². The average Bonchev–Trinajstić information content (AvgIpc) is 3.29. The number of hydrogen-bond acceptors (Lipinski definition) is 6. The van der Waals surface area contributed by atoms with Crippen molar-refractivity contribution in [3.05, 3.63) is 30.1 Å². The maximum absolute atomic E-state index is 6.37. The number of fused-ring (bicyclic) bond motifs is 1. The van der Waals surface area contributed by atoms with Gasteiger partial charge in [0.2, 0.25) is 0 Å². The second-order valence-corrected chi connectivity index (χ2v) is 9.40. The maximum Gasteiger partial charge on any atom is 0.112 e. The molecule has 0 amide bonds. The van der Waals surface area contributed by atoms with Crippen molar-refractivity contribution < 1.29 is 4.74 Å². The molecule has 0 N–H and O–H groups in total. The summed E-state index contributed by atoms with van der Waals surface area (Å²) in [6.07, 6.45) is 9.45. The lowest BCUT2D eigenvalue weighted by Gasteiger charge is -2.42. The molecule has 0 bridgehead atoms. The molecule has 4 heterocycles. The number of nitrogens with zero attached hydrogens (tertiary/aromatic N) is 5. The number of piperidine rings is 1. The molecule has 5 rings (SSSR count). The van der Waals surface area contributed by atoms with Crippen LogP contribution in [0, 0.1) is 6.92 Å². The van der Waals surface area contributed by atoms with Gasteiger partial charge in [0.25, 0.3) is 0 Å². The molecule has 3 aliphatic rings. The highest BCUT2D eigenvalue weighted by molar-refractivity contribution is 5.90. The molecule has 1 aromatic heterocycles. The summed E-state index contributed by atoms with van der Waals surface area (Å²) in [7, 11) is 0. The van der Waals surface area contributed by atoms with Gasteiger partial charge in [0.15, 0.2) is 0 Å². The Kier molecular flexibility index (Phi) is 5.89. The van der Waals surface area contributed by atoms with E-state index in [9.17, 15) is 0 Å². The van der Waals surface area contributed by atoms with Gasteiger partial charge in [-0.2, -0.15) is 0 Å². The molecule has 3 fully saturated rings. The van der Waals surface area contributed by atoms with Crippen molar-refractivity contribution in [1.29, 1.82) is 0 Å². The average molecular weight is 410 g/mol. The minimum atomic E-state index is 0.221. The zero-order valence-corrected chi connectivity index (χ0v) is 18.5. The SMILES string of the molecule is Cc1ccc(N2C[C@H](CN3CCC(N4CCCC4)CC3)O[C@H](C)C2)c2nccnc12. The Morgan fingerprint density at radius 1 is 0.967 bits per heavy atom. The smallest absolute Gasteiger partial charge is 0.112 e. The van der Waals surface area contributed by atoms with Crippen LogP contribution in [-0.2, 0) is 4.74 Å². The third kappa shape index (κ3) is 4.18. The van der Waals surface area contributed by atoms with Crippen LogP contribution < -0.4 is 4.90 Å². The zero-order chi connectivity index (χ0) is 20.5. The molecular formula is C24H35N5O. The molecule has 2 aromatic rings. The van der Waals surface area contributed by atoms with E-state index in [1.165, 1.54) is 63.1 Å². The fourth-order valence-electron chi connectivity index (χ4n) is 5.64. The van der Waals surface area contributed by atoms with E-state index >= 15 is 0 Å². The Bertz CT molecular complexity index is 860. The molecule has 3 saturated heterocycles. The second-order valence-electron chi connectivity index (χ2n) is 9.40. The van der Waals surface area contributed by atoms with Gasteiger partial charge < -0.3 is 19.4 Å². The molecule has 6 heteroatoms. The quantitative estimate of drug-likeness (QED) is 0.773. The van der Waals surface area contributed by atoms with E-state index in [4.69, 9.17) is 4.74 Å². The monoisotopic (exact) mass is 409 g/mol. The van der Waals surface area contributed by atoms with E-state index < -0.39 is 0 Å². The minimum Gasteiger partial charge on any atom is -0.370 e. The lowest BCUT2D eigenvalue weighted by molar-refractivity contribution is -0.0371. The Hall–Kier alpha value is -1.76. The number of benzene rings is 1. The van der Waals surface area contributed by atoms with Gasteiger partial charge in [0, 0.05) is 38.1 Å². The Balaban J connectivity index is 1.24. The van der Waals surface area contributed by atoms with Crippen molar-refractivity contribution in [1.82, 2.24) is 19.8 Å².